The summed E-state index contributed by atoms with van der Waals surface area (Å²) in [4.78, 5) is 29.1. The van der Waals surface area contributed by atoms with Crippen molar-refractivity contribution in [2.75, 3.05) is 6.61 Å². The number of carbonyl (C=O) groups is 2. The van der Waals surface area contributed by atoms with Crippen molar-refractivity contribution in [1.82, 2.24) is 20.1 Å². The molecule has 0 saturated heterocycles. The first-order chi connectivity index (χ1) is 16.5. The molecule has 172 valence electrons. The number of nitrogens with zero attached hydrogens (tertiary/aromatic N) is 3. The first kappa shape index (κ1) is 22.7. The minimum Gasteiger partial charge on any atom is -0.484 e. The predicted molar refractivity (Wildman–Crippen MR) is 130 cm³/mol. The van der Waals surface area contributed by atoms with E-state index in [1.807, 2.05) is 55.5 Å². The molecule has 0 radical (unpaired) electrons. The van der Waals surface area contributed by atoms with Crippen LogP contribution in [0.15, 0.2) is 84.1 Å². The van der Waals surface area contributed by atoms with Gasteiger partial charge in [-0.1, -0.05) is 36.4 Å². The van der Waals surface area contributed by atoms with Crippen molar-refractivity contribution in [3.8, 4) is 5.75 Å². The Labute approximate surface area is 197 Å². The first-order valence-electron chi connectivity index (χ1n) is 10.9. The third-order valence-electron chi connectivity index (χ3n) is 5.23. The van der Waals surface area contributed by atoms with Gasteiger partial charge in [0.15, 0.2) is 6.61 Å². The van der Waals surface area contributed by atoms with Gasteiger partial charge in [-0.05, 0) is 61.4 Å². The van der Waals surface area contributed by atoms with E-state index in [9.17, 15) is 9.59 Å². The number of pyridine rings is 1. The van der Waals surface area contributed by atoms with Crippen molar-refractivity contribution in [1.29, 1.82) is 0 Å². The number of benzene rings is 2. The Bertz CT molecular complexity index is 1310. The molecule has 2 aromatic heterocycles. The number of aromatic nitrogens is 2. The molecule has 0 aliphatic rings. The summed E-state index contributed by atoms with van der Waals surface area (Å²) < 4.78 is 7.29. The molecule has 1 atom stereocenters. The van der Waals surface area contributed by atoms with Crippen LogP contribution in [0.4, 0.5) is 0 Å². The fourth-order valence-electron chi connectivity index (χ4n) is 3.51. The number of imidazole rings is 1. The summed E-state index contributed by atoms with van der Waals surface area (Å²) in [6.07, 6.45) is 3.32. The Morgan fingerprint density at radius 3 is 2.56 bits per heavy atom. The van der Waals surface area contributed by atoms with E-state index in [-0.39, 0.29) is 24.5 Å². The van der Waals surface area contributed by atoms with Crippen LogP contribution in [-0.2, 0) is 4.79 Å². The highest BCUT2D eigenvalue weighted by Gasteiger charge is 2.15. The van der Waals surface area contributed by atoms with Crippen LogP contribution in [0.2, 0.25) is 0 Å². The lowest BCUT2D eigenvalue weighted by Crippen LogP contribution is -2.31. The second kappa shape index (κ2) is 10.4. The van der Waals surface area contributed by atoms with Crippen LogP contribution in [0.25, 0.3) is 5.65 Å². The zero-order chi connectivity index (χ0) is 23.9. The van der Waals surface area contributed by atoms with Gasteiger partial charge in [0.2, 0.25) is 0 Å². The summed E-state index contributed by atoms with van der Waals surface area (Å²) >= 11 is 0. The van der Waals surface area contributed by atoms with Crippen LogP contribution in [-0.4, -0.2) is 34.0 Å². The molecule has 4 rings (SSSR count). The zero-order valence-corrected chi connectivity index (χ0v) is 18.9. The summed E-state index contributed by atoms with van der Waals surface area (Å²) in [5.74, 6) is 0.0144. The molecule has 0 aliphatic heterocycles. The maximum absolute atomic E-state index is 12.6. The number of rotatable bonds is 8. The van der Waals surface area contributed by atoms with Crippen LogP contribution in [0.1, 0.15) is 40.3 Å². The lowest BCUT2D eigenvalue weighted by molar-refractivity contribution is -0.123. The van der Waals surface area contributed by atoms with E-state index in [2.05, 4.69) is 20.8 Å². The number of nitrogens with one attached hydrogen (secondary N) is 2. The number of hydrazone groups is 1. The average molecular weight is 456 g/mol. The van der Waals surface area contributed by atoms with Gasteiger partial charge in [0.25, 0.3) is 11.8 Å². The molecule has 0 bridgehead atoms. The van der Waals surface area contributed by atoms with Gasteiger partial charge < -0.3 is 10.1 Å². The largest absolute Gasteiger partial charge is 0.484 e. The van der Waals surface area contributed by atoms with Gasteiger partial charge in [-0.15, -0.1) is 0 Å². The summed E-state index contributed by atoms with van der Waals surface area (Å²) in [7, 11) is 0. The number of amides is 2. The third-order valence-corrected chi connectivity index (χ3v) is 5.23. The van der Waals surface area contributed by atoms with Crippen LogP contribution in [0.5, 0.6) is 5.75 Å². The predicted octanol–water partition coefficient (Wildman–Crippen LogP) is 3.66. The second-order valence-corrected chi connectivity index (χ2v) is 7.73. The zero-order valence-electron chi connectivity index (χ0n) is 18.9. The number of fused-ring (bicyclic) bond motifs is 1. The van der Waals surface area contributed by atoms with Crippen molar-refractivity contribution in [2.45, 2.75) is 19.9 Å². The quantitative estimate of drug-likeness (QED) is 0.313. The molecular weight excluding hydrogens is 430 g/mol. The van der Waals surface area contributed by atoms with Crippen LogP contribution >= 0.6 is 0 Å². The molecule has 2 N–H and O–H groups in total. The minimum absolute atomic E-state index is 0.0840. The Balaban J connectivity index is 1.27. The molecule has 8 heteroatoms. The fourth-order valence-corrected chi connectivity index (χ4v) is 3.51. The number of hydrogen-bond acceptors (Lipinski definition) is 5. The van der Waals surface area contributed by atoms with E-state index in [0.717, 1.165) is 11.1 Å². The highest BCUT2D eigenvalue weighted by molar-refractivity contribution is 5.95. The standard InChI is InChI=1S/C26H25N5O3/c1-18(21-8-4-3-5-9-21)29-24(32)17-34-22-13-11-20(12-14-22)16-27-30-26(33)25-19(2)28-23-10-6-7-15-31(23)25/h3-16,18H,17H2,1-2H3,(H,29,32)(H,30,33)/b27-16-/t18-/m0/s1. The van der Waals surface area contributed by atoms with Crippen molar-refractivity contribution >= 4 is 23.7 Å². The summed E-state index contributed by atoms with van der Waals surface area (Å²) in [5.41, 5.74) is 6.11. The monoisotopic (exact) mass is 455 g/mol. The highest BCUT2D eigenvalue weighted by atomic mass is 16.5. The molecule has 0 spiro atoms. The SMILES string of the molecule is Cc1nc2ccccn2c1C(=O)N/N=C\c1ccc(OCC(=O)N[C@@H](C)c2ccccc2)cc1. The summed E-state index contributed by atoms with van der Waals surface area (Å²) in [5, 5.41) is 6.95. The molecule has 0 unspecified atom stereocenters. The molecule has 0 aliphatic carbocycles. The van der Waals surface area contributed by atoms with Gasteiger partial charge in [0.1, 0.15) is 17.1 Å². The molecule has 0 saturated carbocycles. The lowest BCUT2D eigenvalue weighted by atomic mass is 10.1. The van der Waals surface area contributed by atoms with E-state index >= 15 is 0 Å². The van der Waals surface area contributed by atoms with E-state index < -0.39 is 0 Å². The molecular formula is C26H25N5O3. The van der Waals surface area contributed by atoms with E-state index in [1.165, 1.54) is 6.21 Å². The van der Waals surface area contributed by atoms with Gasteiger partial charge >= 0.3 is 0 Å². The second-order valence-electron chi connectivity index (χ2n) is 7.73. The Kier molecular flexibility index (Phi) is 6.98. The Hall–Kier alpha value is -4.46. The molecule has 2 amide bonds. The normalized spacial score (nSPS) is 11.9. The van der Waals surface area contributed by atoms with Crippen LogP contribution < -0.4 is 15.5 Å². The summed E-state index contributed by atoms with van der Waals surface area (Å²) in [6.45, 7) is 3.63. The van der Waals surface area contributed by atoms with Gasteiger partial charge in [0, 0.05) is 6.20 Å². The highest BCUT2D eigenvalue weighted by Crippen LogP contribution is 2.14. The molecule has 4 aromatic rings. The van der Waals surface area contributed by atoms with Gasteiger partial charge in [-0.3, -0.25) is 14.0 Å². The summed E-state index contributed by atoms with van der Waals surface area (Å²) in [6, 6.07) is 22.2. The van der Waals surface area contributed by atoms with Crippen LogP contribution in [0.3, 0.4) is 0 Å². The van der Waals surface area contributed by atoms with E-state index in [4.69, 9.17) is 4.74 Å². The molecule has 2 heterocycles. The van der Waals surface area contributed by atoms with Crippen LogP contribution in [0, 0.1) is 6.92 Å². The molecule has 2 aromatic carbocycles. The van der Waals surface area contributed by atoms with Crippen molar-refractivity contribution < 1.29 is 14.3 Å². The molecule has 34 heavy (non-hydrogen) atoms. The van der Waals surface area contributed by atoms with E-state index in [1.54, 1.807) is 41.8 Å². The molecule has 0 fully saturated rings. The Morgan fingerprint density at radius 2 is 1.79 bits per heavy atom. The fraction of sp³-hybridized carbons (Fsp3) is 0.154. The topological polar surface area (TPSA) is 97.1 Å². The minimum atomic E-state index is -0.344. The smallest absolute Gasteiger partial charge is 0.290 e. The van der Waals surface area contributed by atoms with Gasteiger partial charge in [-0.25, -0.2) is 10.4 Å². The number of hydrogen-bond donors (Lipinski definition) is 2. The maximum Gasteiger partial charge on any atom is 0.290 e. The number of carbonyl (C=O) groups excluding carboxylic acids is 2. The number of ether oxygens (including phenoxy) is 1. The molecule has 8 nitrogen and oxygen atoms in total. The van der Waals surface area contributed by atoms with Crippen molar-refractivity contribution in [2.24, 2.45) is 5.10 Å². The number of aryl methyl sites for hydroxylation is 1. The maximum atomic E-state index is 12.6. The van der Waals surface area contributed by atoms with Gasteiger partial charge in [-0.2, -0.15) is 5.10 Å². The lowest BCUT2D eigenvalue weighted by Gasteiger charge is -2.14. The third kappa shape index (κ3) is 5.47. The van der Waals surface area contributed by atoms with Crippen molar-refractivity contribution in [3.05, 3.63) is 102 Å². The van der Waals surface area contributed by atoms with E-state index in [0.29, 0.717) is 22.8 Å². The van der Waals surface area contributed by atoms with Crippen molar-refractivity contribution in [3.63, 3.8) is 0 Å². The Morgan fingerprint density at radius 1 is 1.06 bits per heavy atom. The average Bonchev–Trinajstić information content (AvgIpc) is 3.19. The van der Waals surface area contributed by atoms with Gasteiger partial charge in [0.05, 0.1) is 18.0 Å². The first-order valence-corrected chi connectivity index (χ1v) is 10.9.